The summed E-state index contributed by atoms with van der Waals surface area (Å²) in [5, 5.41) is 0. The van der Waals surface area contributed by atoms with E-state index >= 15 is 0 Å². The zero-order chi connectivity index (χ0) is 21.5. The van der Waals surface area contributed by atoms with E-state index in [1.54, 1.807) is 6.20 Å². The molecule has 7 nitrogen and oxygen atoms in total. The molecule has 0 radical (unpaired) electrons. The molecule has 0 aliphatic carbocycles. The minimum atomic E-state index is -0.00855. The molecular formula is C24H30N4O3. The lowest BCUT2D eigenvalue weighted by atomic mass is 10.1. The van der Waals surface area contributed by atoms with Gasteiger partial charge in [-0.05, 0) is 30.5 Å². The van der Waals surface area contributed by atoms with Gasteiger partial charge >= 0.3 is 0 Å². The predicted octanol–water partition coefficient (Wildman–Crippen LogP) is 2.23. The van der Waals surface area contributed by atoms with Crippen LogP contribution in [0.3, 0.4) is 0 Å². The van der Waals surface area contributed by atoms with Gasteiger partial charge < -0.3 is 19.4 Å². The van der Waals surface area contributed by atoms with Gasteiger partial charge in [-0.15, -0.1) is 0 Å². The molecule has 0 atom stereocenters. The average Bonchev–Trinajstić information content (AvgIpc) is 2.85. The zero-order valence-electron chi connectivity index (χ0n) is 17.9. The number of aryl methyl sites for hydroxylation is 1. The van der Waals surface area contributed by atoms with Crippen LogP contribution in [0, 0.1) is 0 Å². The van der Waals surface area contributed by atoms with Crippen LogP contribution in [0.4, 0.5) is 5.82 Å². The van der Waals surface area contributed by atoms with E-state index in [4.69, 9.17) is 4.74 Å². The fourth-order valence-electron chi connectivity index (χ4n) is 4.17. The van der Waals surface area contributed by atoms with E-state index in [1.165, 1.54) is 5.56 Å². The van der Waals surface area contributed by atoms with E-state index in [1.807, 2.05) is 40.1 Å². The lowest BCUT2D eigenvalue weighted by molar-refractivity contribution is -0.132. The highest BCUT2D eigenvalue weighted by Gasteiger charge is 2.27. The van der Waals surface area contributed by atoms with Gasteiger partial charge in [-0.3, -0.25) is 9.59 Å². The van der Waals surface area contributed by atoms with Crippen LogP contribution in [-0.2, 0) is 16.0 Å². The van der Waals surface area contributed by atoms with Crippen LogP contribution < -0.4 is 4.90 Å². The molecule has 0 unspecified atom stereocenters. The monoisotopic (exact) mass is 422 g/mol. The van der Waals surface area contributed by atoms with Gasteiger partial charge in [-0.25, -0.2) is 4.98 Å². The maximum Gasteiger partial charge on any atom is 0.257 e. The number of hydrogen-bond donors (Lipinski definition) is 0. The first-order chi connectivity index (χ1) is 15.2. The Labute approximate surface area is 183 Å². The van der Waals surface area contributed by atoms with Crippen molar-refractivity contribution >= 4 is 17.6 Å². The van der Waals surface area contributed by atoms with Gasteiger partial charge in [0.15, 0.2) is 0 Å². The third-order valence-electron chi connectivity index (χ3n) is 5.95. The SMILES string of the molecule is O=C(CCCc1ccccc1)N1CCN(C(=O)c2cccnc2N2CCOCC2)CC1. The molecule has 2 fully saturated rings. The number of ether oxygens (including phenoxy) is 1. The number of amides is 2. The summed E-state index contributed by atoms with van der Waals surface area (Å²) in [5.74, 6) is 0.902. The predicted molar refractivity (Wildman–Crippen MR) is 119 cm³/mol. The van der Waals surface area contributed by atoms with E-state index in [0.717, 1.165) is 31.7 Å². The number of carbonyl (C=O) groups excluding carboxylic acids is 2. The first kappa shape index (κ1) is 21.3. The quantitative estimate of drug-likeness (QED) is 0.714. The lowest BCUT2D eigenvalue weighted by Crippen LogP contribution is -2.51. The zero-order valence-corrected chi connectivity index (χ0v) is 17.9. The summed E-state index contributed by atoms with van der Waals surface area (Å²) in [4.78, 5) is 36.1. The molecule has 31 heavy (non-hydrogen) atoms. The van der Waals surface area contributed by atoms with E-state index in [9.17, 15) is 9.59 Å². The third kappa shape index (κ3) is 5.41. The van der Waals surface area contributed by atoms with Crippen molar-refractivity contribution in [3.8, 4) is 0 Å². The number of nitrogens with zero attached hydrogens (tertiary/aromatic N) is 4. The number of piperazine rings is 1. The molecule has 3 heterocycles. The highest BCUT2D eigenvalue weighted by molar-refractivity contribution is 5.99. The largest absolute Gasteiger partial charge is 0.378 e. The second-order valence-corrected chi connectivity index (χ2v) is 7.99. The Balaban J connectivity index is 1.28. The lowest BCUT2D eigenvalue weighted by Gasteiger charge is -2.36. The Morgan fingerprint density at radius 3 is 2.32 bits per heavy atom. The van der Waals surface area contributed by atoms with E-state index in [0.29, 0.717) is 51.4 Å². The van der Waals surface area contributed by atoms with E-state index in [-0.39, 0.29) is 11.8 Å². The molecule has 0 spiro atoms. The van der Waals surface area contributed by atoms with Crippen molar-refractivity contribution in [3.05, 3.63) is 59.8 Å². The molecule has 2 saturated heterocycles. The van der Waals surface area contributed by atoms with Crippen molar-refractivity contribution in [2.75, 3.05) is 57.4 Å². The first-order valence-electron chi connectivity index (χ1n) is 11.1. The molecule has 2 amide bonds. The standard InChI is InChI=1S/C24H30N4O3/c29-22(10-4-8-20-6-2-1-3-7-20)26-12-14-28(15-13-26)24(30)21-9-5-11-25-23(21)27-16-18-31-19-17-27/h1-3,5-7,9,11H,4,8,10,12-19H2. The molecule has 1 aromatic carbocycles. The van der Waals surface area contributed by atoms with Crippen LogP contribution in [0.5, 0.6) is 0 Å². The fourth-order valence-corrected chi connectivity index (χ4v) is 4.17. The molecule has 0 N–H and O–H groups in total. The van der Waals surface area contributed by atoms with Crippen molar-refractivity contribution in [1.29, 1.82) is 0 Å². The minimum absolute atomic E-state index is 0.00855. The summed E-state index contributed by atoms with van der Waals surface area (Å²) in [6.45, 7) is 5.06. The van der Waals surface area contributed by atoms with Crippen LogP contribution in [0.2, 0.25) is 0 Å². The summed E-state index contributed by atoms with van der Waals surface area (Å²) in [6.07, 6.45) is 4.04. The van der Waals surface area contributed by atoms with Gasteiger partial charge in [0.1, 0.15) is 5.82 Å². The van der Waals surface area contributed by atoms with Crippen LogP contribution in [-0.4, -0.2) is 79.1 Å². The van der Waals surface area contributed by atoms with Crippen LogP contribution in [0.1, 0.15) is 28.8 Å². The van der Waals surface area contributed by atoms with Crippen molar-refractivity contribution < 1.29 is 14.3 Å². The first-order valence-corrected chi connectivity index (χ1v) is 11.1. The maximum atomic E-state index is 13.2. The van der Waals surface area contributed by atoms with Crippen molar-refractivity contribution in [2.24, 2.45) is 0 Å². The number of hydrogen-bond acceptors (Lipinski definition) is 5. The Hall–Kier alpha value is -2.93. The highest BCUT2D eigenvalue weighted by Crippen LogP contribution is 2.21. The summed E-state index contributed by atoms with van der Waals surface area (Å²) in [7, 11) is 0. The average molecular weight is 423 g/mol. The number of rotatable bonds is 6. The number of morpholine rings is 1. The molecule has 2 aliphatic rings. The second-order valence-electron chi connectivity index (χ2n) is 7.99. The molecule has 164 valence electrons. The summed E-state index contributed by atoms with van der Waals surface area (Å²) >= 11 is 0. The summed E-state index contributed by atoms with van der Waals surface area (Å²) < 4.78 is 5.42. The highest BCUT2D eigenvalue weighted by atomic mass is 16.5. The Bertz CT molecular complexity index is 875. The summed E-state index contributed by atoms with van der Waals surface area (Å²) in [5.41, 5.74) is 1.89. The van der Waals surface area contributed by atoms with Crippen LogP contribution >= 0.6 is 0 Å². The normalized spacial score (nSPS) is 17.0. The minimum Gasteiger partial charge on any atom is -0.378 e. The molecule has 4 rings (SSSR count). The number of pyridine rings is 1. The van der Waals surface area contributed by atoms with E-state index in [2.05, 4.69) is 22.0 Å². The van der Waals surface area contributed by atoms with Crippen LogP contribution in [0.15, 0.2) is 48.7 Å². The van der Waals surface area contributed by atoms with Crippen molar-refractivity contribution in [2.45, 2.75) is 19.3 Å². The van der Waals surface area contributed by atoms with Crippen LogP contribution in [0.25, 0.3) is 0 Å². The van der Waals surface area contributed by atoms with Gasteiger partial charge in [-0.2, -0.15) is 0 Å². The van der Waals surface area contributed by atoms with Gasteiger partial charge in [0.25, 0.3) is 5.91 Å². The molecule has 0 saturated carbocycles. The van der Waals surface area contributed by atoms with Crippen molar-refractivity contribution in [3.63, 3.8) is 0 Å². The third-order valence-corrected chi connectivity index (χ3v) is 5.95. The maximum absolute atomic E-state index is 13.2. The van der Waals surface area contributed by atoms with Gasteiger partial charge in [0.2, 0.25) is 5.91 Å². The second kappa shape index (κ2) is 10.4. The number of anilines is 1. The fraction of sp³-hybridized carbons (Fsp3) is 0.458. The molecule has 2 aliphatic heterocycles. The van der Waals surface area contributed by atoms with Crippen molar-refractivity contribution in [1.82, 2.24) is 14.8 Å². The number of carbonyl (C=O) groups is 2. The smallest absolute Gasteiger partial charge is 0.257 e. The topological polar surface area (TPSA) is 66.0 Å². The Morgan fingerprint density at radius 2 is 1.58 bits per heavy atom. The number of aromatic nitrogens is 1. The van der Waals surface area contributed by atoms with Gasteiger partial charge in [0, 0.05) is 51.9 Å². The Morgan fingerprint density at radius 1 is 0.871 bits per heavy atom. The number of benzene rings is 1. The molecule has 0 bridgehead atoms. The molecule has 1 aromatic heterocycles. The van der Waals surface area contributed by atoms with Gasteiger partial charge in [-0.1, -0.05) is 30.3 Å². The molecule has 7 heteroatoms. The molecular weight excluding hydrogens is 392 g/mol. The molecule has 2 aromatic rings. The van der Waals surface area contributed by atoms with E-state index < -0.39 is 0 Å². The van der Waals surface area contributed by atoms with Gasteiger partial charge in [0.05, 0.1) is 18.8 Å². The summed E-state index contributed by atoms with van der Waals surface area (Å²) in [6, 6.07) is 13.9. The Kier molecular flexibility index (Phi) is 7.14.